The van der Waals surface area contributed by atoms with Crippen molar-refractivity contribution in [1.82, 2.24) is 0 Å². The summed E-state index contributed by atoms with van der Waals surface area (Å²) in [5.41, 5.74) is 0.584. The second-order valence-electron chi connectivity index (χ2n) is 4.12. The molecule has 0 aliphatic carbocycles. The van der Waals surface area contributed by atoms with Crippen LogP contribution in [0.25, 0.3) is 0 Å². The normalized spacial score (nSPS) is 10.0. The molecule has 0 radical (unpaired) electrons. The number of benzene rings is 2. The number of carbonyl (C=O) groups is 1. The van der Waals surface area contributed by atoms with Gasteiger partial charge in [0.15, 0.2) is 0 Å². The second kappa shape index (κ2) is 7.16. The number of non-ortho nitro benzene ring substituents is 1. The summed E-state index contributed by atoms with van der Waals surface area (Å²) < 4.78 is 9.81. The van der Waals surface area contributed by atoms with Crippen LogP contribution in [-0.4, -0.2) is 16.3 Å². The number of nitro groups is 1. The Balaban J connectivity index is 1.93. The van der Waals surface area contributed by atoms with Crippen molar-refractivity contribution in [3.05, 3.63) is 64.2 Å². The van der Waals surface area contributed by atoms with Crippen LogP contribution in [-0.2, 0) is 11.5 Å². The van der Waals surface area contributed by atoms with Gasteiger partial charge in [0.25, 0.3) is 5.69 Å². The Bertz CT molecular complexity index is 652. The highest BCUT2D eigenvalue weighted by atomic mass is 17.1. The summed E-state index contributed by atoms with van der Waals surface area (Å²) in [6, 6.07) is 11.2. The quantitative estimate of drug-likeness (QED) is 0.297. The van der Waals surface area contributed by atoms with Crippen molar-refractivity contribution in [2.75, 3.05) is 0 Å². The molecule has 114 valence electrons. The summed E-state index contributed by atoms with van der Waals surface area (Å²) >= 11 is 0. The molecule has 2 aromatic carbocycles. The van der Waals surface area contributed by atoms with Crippen LogP contribution < -0.4 is 9.47 Å². The molecule has 0 aromatic heterocycles. The van der Waals surface area contributed by atoms with Crippen LogP contribution in [0.2, 0.25) is 0 Å². The van der Waals surface area contributed by atoms with E-state index in [1.165, 1.54) is 36.4 Å². The molecule has 22 heavy (non-hydrogen) atoms. The molecule has 0 saturated heterocycles. The predicted octanol–water partition coefficient (Wildman–Crippen LogP) is 3.16. The molecular weight excluding hydrogens is 294 g/mol. The molecule has 1 N–H and O–H groups in total. The van der Waals surface area contributed by atoms with Crippen LogP contribution in [0.3, 0.4) is 0 Å². The van der Waals surface area contributed by atoms with Gasteiger partial charge in [-0.25, -0.2) is 9.68 Å². The smallest absolute Gasteiger partial charge is 0.395 e. The molecule has 0 aliphatic rings. The van der Waals surface area contributed by atoms with Gasteiger partial charge in [-0.05, 0) is 29.8 Å². The highest BCUT2D eigenvalue weighted by Crippen LogP contribution is 2.19. The Kier molecular flexibility index (Phi) is 5.02. The van der Waals surface area contributed by atoms with Crippen LogP contribution in [0.5, 0.6) is 11.5 Å². The minimum absolute atomic E-state index is 0.0214. The minimum Gasteiger partial charge on any atom is -0.395 e. The molecule has 0 heterocycles. The number of rotatable bonds is 5. The van der Waals surface area contributed by atoms with Crippen molar-refractivity contribution in [3.8, 4) is 11.5 Å². The van der Waals surface area contributed by atoms with E-state index in [2.05, 4.69) is 4.89 Å². The predicted molar refractivity (Wildman–Crippen MR) is 73.6 cm³/mol. The summed E-state index contributed by atoms with van der Waals surface area (Å²) in [5, 5.41) is 18.8. The zero-order chi connectivity index (χ0) is 15.9. The fraction of sp³-hybridized carbons (Fsp3) is 0.0714. The Morgan fingerprint density at radius 3 is 1.95 bits per heavy atom. The molecule has 0 bridgehead atoms. The lowest BCUT2D eigenvalue weighted by atomic mass is 10.2. The molecule has 0 aliphatic heterocycles. The number of nitrogens with zero attached hydrogens (tertiary/aromatic N) is 1. The van der Waals surface area contributed by atoms with Gasteiger partial charge in [0.1, 0.15) is 18.1 Å². The molecule has 0 amide bonds. The Morgan fingerprint density at radius 1 is 1.00 bits per heavy atom. The van der Waals surface area contributed by atoms with Crippen molar-refractivity contribution in [3.63, 3.8) is 0 Å². The van der Waals surface area contributed by atoms with Gasteiger partial charge in [0, 0.05) is 12.1 Å². The first-order chi connectivity index (χ1) is 10.6. The zero-order valence-electron chi connectivity index (χ0n) is 11.2. The van der Waals surface area contributed by atoms with Crippen LogP contribution >= 0.6 is 0 Å². The molecule has 0 atom stereocenters. The molecule has 8 heteroatoms. The SMILES string of the molecule is O=C(Oc1ccc(COO)cc1)Oc1ccc([N+](=O)[O-])cc1. The highest BCUT2D eigenvalue weighted by molar-refractivity contribution is 5.67. The lowest BCUT2D eigenvalue weighted by Crippen LogP contribution is -2.13. The van der Waals surface area contributed by atoms with E-state index in [-0.39, 0.29) is 23.8 Å². The van der Waals surface area contributed by atoms with Crippen LogP contribution in [0.1, 0.15) is 5.56 Å². The first-order valence-corrected chi connectivity index (χ1v) is 6.08. The van der Waals surface area contributed by atoms with E-state index >= 15 is 0 Å². The molecule has 0 saturated carbocycles. The second-order valence-corrected chi connectivity index (χ2v) is 4.12. The third kappa shape index (κ3) is 4.27. The van der Waals surface area contributed by atoms with E-state index in [1.807, 2.05) is 0 Å². The van der Waals surface area contributed by atoms with E-state index in [0.29, 0.717) is 5.56 Å². The average Bonchev–Trinajstić information content (AvgIpc) is 2.50. The zero-order valence-corrected chi connectivity index (χ0v) is 11.2. The molecule has 8 nitrogen and oxygen atoms in total. The fourth-order valence-corrected chi connectivity index (χ4v) is 1.58. The summed E-state index contributed by atoms with van der Waals surface area (Å²) in [5.74, 6) is 0.370. The van der Waals surface area contributed by atoms with Crippen molar-refractivity contribution < 1.29 is 29.3 Å². The van der Waals surface area contributed by atoms with Gasteiger partial charge in [-0.15, -0.1) is 0 Å². The first-order valence-electron chi connectivity index (χ1n) is 6.08. The van der Waals surface area contributed by atoms with Gasteiger partial charge in [0.2, 0.25) is 0 Å². The van der Waals surface area contributed by atoms with E-state index in [0.717, 1.165) is 0 Å². The molecule has 0 unspecified atom stereocenters. The maximum absolute atomic E-state index is 11.6. The van der Waals surface area contributed by atoms with E-state index in [9.17, 15) is 14.9 Å². The van der Waals surface area contributed by atoms with E-state index in [1.54, 1.807) is 12.1 Å². The summed E-state index contributed by atoms with van der Waals surface area (Å²) in [7, 11) is 0. The molecule has 2 aromatic rings. The van der Waals surface area contributed by atoms with Gasteiger partial charge in [-0.3, -0.25) is 15.4 Å². The summed E-state index contributed by atoms with van der Waals surface area (Å²) in [6.45, 7) is 0.0214. The fourth-order valence-electron chi connectivity index (χ4n) is 1.58. The monoisotopic (exact) mass is 305 g/mol. The van der Waals surface area contributed by atoms with E-state index < -0.39 is 11.1 Å². The molecule has 0 fully saturated rings. The maximum Gasteiger partial charge on any atom is 0.519 e. The van der Waals surface area contributed by atoms with Gasteiger partial charge in [0.05, 0.1) is 4.92 Å². The first kappa shape index (κ1) is 15.4. The Labute approximate surface area is 124 Å². The van der Waals surface area contributed by atoms with Gasteiger partial charge < -0.3 is 9.47 Å². The number of ether oxygens (including phenoxy) is 2. The summed E-state index contributed by atoms with van der Waals surface area (Å²) in [6.07, 6.45) is -0.972. The van der Waals surface area contributed by atoms with Gasteiger partial charge in [-0.1, -0.05) is 12.1 Å². The molecular formula is C14H11NO7. The Morgan fingerprint density at radius 2 is 1.50 bits per heavy atom. The van der Waals surface area contributed by atoms with Crippen LogP contribution in [0.15, 0.2) is 48.5 Å². The van der Waals surface area contributed by atoms with Crippen molar-refractivity contribution >= 4 is 11.8 Å². The third-order valence-corrected chi connectivity index (χ3v) is 2.60. The summed E-state index contributed by atoms with van der Waals surface area (Å²) in [4.78, 5) is 25.5. The number of carbonyl (C=O) groups excluding carboxylic acids is 1. The largest absolute Gasteiger partial charge is 0.519 e. The minimum atomic E-state index is -0.972. The lowest BCUT2D eigenvalue weighted by molar-refractivity contribution is -0.384. The van der Waals surface area contributed by atoms with Crippen LogP contribution in [0.4, 0.5) is 10.5 Å². The van der Waals surface area contributed by atoms with Gasteiger partial charge in [-0.2, -0.15) is 0 Å². The number of hydrogen-bond acceptors (Lipinski definition) is 7. The van der Waals surface area contributed by atoms with Crippen molar-refractivity contribution in [1.29, 1.82) is 0 Å². The van der Waals surface area contributed by atoms with Crippen LogP contribution in [0, 0.1) is 10.1 Å². The average molecular weight is 305 g/mol. The highest BCUT2D eigenvalue weighted by Gasteiger charge is 2.10. The standard InChI is InChI=1S/C14H11NO7/c16-14(21-12-5-1-10(2-6-12)9-20-19)22-13-7-3-11(4-8-13)15(17)18/h1-8,19H,9H2. The van der Waals surface area contributed by atoms with Gasteiger partial charge >= 0.3 is 6.16 Å². The van der Waals surface area contributed by atoms with E-state index in [4.69, 9.17) is 14.7 Å². The number of hydrogen-bond donors (Lipinski definition) is 1. The third-order valence-electron chi connectivity index (χ3n) is 2.60. The maximum atomic E-state index is 11.6. The Hall–Kier alpha value is -2.97. The topological polar surface area (TPSA) is 108 Å². The molecule has 2 rings (SSSR count). The van der Waals surface area contributed by atoms with Crippen molar-refractivity contribution in [2.24, 2.45) is 0 Å². The lowest BCUT2D eigenvalue weighted by Gasteiger charge is -2.06. The van der Waals surface area contributed by atoms with Crippen molar-refractivity contribution in [2.45, 2.75) is 6.61 Å². The molecule has 0 spiro atoms. The number of nitro benzene ring substituents is 1.